The van der Waals surface area contributed by atoms with Gasteiger partial charge in [-0.2, -0.15) is 13.2 Å². The molecule has 1 saturated heterocycles. The summed E-state index contributed by atoms with van der Waals surface area (Å²) in [4.78, 5) is 21.9. The summed E-state index contributed by atoms with van der Waals surface area (Å²) in [7, 11) is 0. The average molecular weight is 327 g/mol. The zero-order chi connectivity index (χ0) is 16.8. The van der Waals surface area contributed by atoms with Crippen molar-refractivity contribution in [2.24, 2.45) is 11.3 Å². The Morgan fingerprint density at radius 2 is 1.91 bits per heavy atom. The fourth-order valence-corrected chi connectivity index (χ4v) is 3.20. The number of alkyl halides is 3. The number of rotatable bonds is 2. The summed E-state index contributed by atoms with van der Waals surface area (Å²) in [5.41, 5.74) is -0.807. The molecule has 0 spiro atoms. The van der Waals surface area contributed by atoms with Crippen LogP contribution >= 0.6 is 0 Å². The van der Waals surface area contributed by atoms with E-state index in [-0.39, 0.29) is 29.0 Å². The van der Waals surface area contributed by atoms with Crippen LogP contribution in [0.1, 0.15) is 50.5 Å². The molecule has 0 unspecified atom stereocenters. The number of likely N-dealkylation sites (tertiary alicyclic amines) is 1. The second kappa shape index (κ2) is 5.46. The lowest BCUT2D eigenvalue weighted by Crippen LogP contribution is -2.39. The van der Waals surface area contributed by atoms with Crippen molar-refractivity contribution < 1.29 is 18.0 Å². The SMILES string of the molecule is CC1(C)C[C@@H]1C(=O)N1CCC(c2nccc(C(F)(F)F)n2)CC1. The van der Waals surface area contributed by atoms with Crippen LogP contribution in [0.4, 0.5) is 13.2 Å². The molecule has 2 fully saturated rings. The molecule has 1 aliphatic carbocycles. The highest BCUT2D eigenvalue weighted by Gasteiger charge is 2.52. The van der Waals surface area contributed by atoms with Crippen LogP contribution in [0.15, 0.2) is 12.3 Å². The van der Waals surface area contributed by atoms with E-state index in [1.807, 2.05) is 4.90 Å². The van der Waals surface area contributed by atoms with E-state index < -0.39 is 11.9 Å². The molecule has 2 heterocycles. The predicted molar refractivity (Wildman–Crippen MR) is 77.5 cm³/mol. The Labute approximate surface area is 133 Å². The molecular formula is C16H20F3N3O. The van der Waals surface area contributed by atoms with Crippen molar-refractivity contribution in [2.45, 2.75) is 45.2 Å². The molecule has 0 bridgehead atoms. The maximum Gasteiger partial charge on any atom is 0.433 e. The van der Waals surface area contributed by atoms with Gasteiger partial charge in [0.1, 0.15) is 11.5 Å². The minimum absolute atomic E-state index is 0.0953. The van der Waals surface area contributed by atoms with Gasteiger partial charge in [-0.25, -0.2) is 9.97 Å². The van der Waals surface area contributed by atoms with Crippen LogP contribution in [0.2, 0.25) is 0 Å². The van der Waals surface area contributed by atoms with Crippen LogP contribution in [0.25, 0.3) is 0 Å². The Balaban J connectivity index is 1.62. The fraction of sp³-hybridized carbons (Fsp3) is 0.688. The second-order valence-electron chi connectivity index (χ2n) is 7.14. The number of hydrogen-bond donors (Lipinski definition) is 0. The molecular weight excluding hydrogens is 307 g/mol. The lowest BCUT2D eigenvalue weighted by atomic mass is 9.95. The van der Waals surface area contributed by atoms with Gasteiger partial charge in [0.05, 0.1) is 0 Å². The van der Waals surface area contributed by atoms with E-state index in [1.54, 1.807) is 0 Å². The van der Waals surface area contributed by atoms with Crippen molar-refractivity contribution in [3.05, 3.63) is 23.8 Å². The molecule has 4 nitrogen and oxygen atoms in total. The topological polar surface area (TPSA) is 46.1 Å². The highest BCUT2D eigenvalue weighted by Crippen LogP contribution is 2.52. The normalized spacial score (nSPS) is 24.6. The third-order valence-corrected chi connectivity index (χ3v) is 4.95. The first kappa shape index (κ1) is 16.2. The van der Waals surface area contributed by atoms with E-state index in [4.69, 9.17) is 0 Å². The van der Waals surface area contributed by atoms with Crippen molar-refractivity contribution in [2.75, 3.05) is 13.1 Å². The molecule has 126 valence electrons. The van der Waals surface area contributed by atoms with Crippen LogP contribution in [0, 0.1) is 11.3 Å². The quantitative estimate of drug-likeness (QED) is 0.838. The third-order valence-electron chi connectivity index (χ3n) is 4.95. The molecule has 1 atom stereocenters. The standard InChI is InChI=1S/C16H20F3N3O/c1-15(2)9-11(15)14(23)22-7-4-10(5-8-22)13-20-6-3-12(21-13)16(17,18)19/h3,6,10-11H,4-5,7-9H2,1-2H3/t11-/m1/s1. The number of amides is 1. The molecule has 7 heteroatoms. The number of nitrogens with zero attached hydrogens (tertiary/aromatic N) is 3. The first-order chi connectivity index (χ1) is 10.7. The fourth-order valence-electron chi connectivity index (χ4n) is 3.20. The first-order valence-electron chi connectivity index (χ1n) is 7.87. The van der Waals surface area contributed by atoms with Crippen LogP contribution in [-0.2, 0) is 11.0 Å². The van der Waals surface area contributed by atoms with Crippen LogP contribution < -0.4 is 0 Å². The molecule has 2 aliphatic rings. The Morgan fingerprint density at radius 3 is 2.43 bits per heavy atom. The number of carbonyl (C=O) groups excluding carboxylic acids is 1. The van der Waals surface area contributed by atoms with Crippen LogP contribution in [0.3, 0.4) is 0 Å². The second-order valence-corrected chi connectivity index (χ2v) is 7.14. The summed E-state index contributed by atoms with van der Waals surface area (Å²) in [6.07, 6.45) is -1.15. The van der Waals surface area contributed by atoms with E-state index in [1.165, 1.54) is 0 Å². The molecule has 1 aromatic heterocycles. The average Bonchev–Trinajstić information content (AvgIpc) is 3.15. The number of aromatic nitrogens is 2. The van der Waals surface area contributed by atoms with Crippen molar-refractivity contribution in [1.29, 1.82) is 0 Å². The maximum atomic E-state index is 12.7. The van der Waals surface area contributed by atoms with E-state index in [0.717, 1.165) is 18.7 Å². The molecule has 1 aliphatic heterocycles. The van der Waals surface area contributed by atoms with E-state index >= 15 is 0 Å². The van der Waals surface area contributed by atoms with Gasteiger partial charge in [0.25, 0.3) is 0 Å². The summed E-state index contributed by atoms with van der Waals surface area (Å²) in [5.74, 6) is 0.398. The van der Waals surface area contributed by atoms with Crippen molar-refractivity contribution in [3.8, 4) is 0 Å². The number of carbonyl (C=O) groups is 1. The van der Waals surface area contributed by atoms with Crippen molar-refractivity contribution >= 4 is 5.91 Å². The minimum atomic E-state index is -4.45. The van der Waals surface area contributed by atoms with Gasteiger partial charge in [-0.1, -0.05) is 13.8 Å². The molecule has 1 amide bonds. The lowest BCUT2D eigenvalue weighted by molar-refractivity contribution is -0.141. The molecule has 3 rings (SSSR count). The molecule has 0 radical (unpaired) electrons. The Hall–Kier alpha value is -1.66. The first-order valence-corrected chi connectivity index (χ1v) is 7.87. The summed E-state index contributed by atoms with van der Waals surface area (Å²) >= 11 is 0. The molecule has 0 N–H and O–H groups in total. The van der Waals surface area contributed by atoms with Gasteiger partial charge < -0.3 is 4.90 Å². The minimum Gasteiger partial charge on any atom is -0.342 e. The van der Waals surface area contributed by atoms with Gasteiger partial charge in [-0.05, 0) is 30.7 Å². The Kier molecular flexibility index (Phi) is 3.84. The highest BCUT2D eigenvalue weighted by atomic mass is 19.4. The molecule has 1 saturated carbocycles. The lowest BCUT2D eigenvalue weighted by Gasteiger charge is -2.32. The monoisotopic (exact) mass is 327 g/mol. The van der Waals surface area contributed by atoms with Gasteiger partial charge in [-0.3, -0.25) is 4.79 Å². The van der Waals surface area contributed by atoms with Gasteiger partial charge >= 0.3 is 6.18 Å². The number of hydrogen-bond acceptors (Lipinski definition) is 3. The molecule has 0 aromatic carbocycles. The summed E-state index contributed by atoms with van der Waals surface area (Å²) < 4.78 is 38.2. The van der Waals surface area contributed by atoms with Crippen molar-refractivity contribution in [3.63, 3.8) is 0 Å². The van der Waals surface area contributed by atoms with Gasteiger partial charge in [0.2, 0.25) is 5.91 Å². The van der Waals surface area contributed by atoms with E-state index in [0.29, 0.717) is 25.9 Å². The number of halogens is 3. The zero-order valence-electron chi connectivity index (χ0n) is 13.2. The Bertz CT molecular complexity index is 607. The van der Waals surface area contributed by atoms with Crippen LogP contribution in [-0.4, -0.2) is 33.9 Å². The largest absolute Gasteiger partial charge is 0.433 e. The summed E-state index contributed by atoms with van der Waals surface area (Å²) in [6, 6.07) is 0.886. The Morgan fingerprint density at radius 1 is 1.30 bits per heavy atom. The van der Waals surface area contributed by atoms with Crippen LogP contribution in [0.5, 0.6) is 0 Å². The summed E-state index contributed by atoms with van der Waals surface area (Å²) in [6.45, 7) is 5.29. The van der Waals surface area contributed by atoms with E-state index in [9.17, 15) is 18.0 Å². The molecule has 23 heavy (non-hydrogen) atoms. The van der Waals surface area contributed by atoms with Crippen molar-refractivity contribution in [1.82, 2.24) is 14.9 Å². The zero-order valence-corrected chi connectivity index (χ0v) is 13.2. The summed E-state index contributed by atoms with van der Waals surface area (Å²) in [5, 5.41) is 0. The molecule has 1 aromatic rings. The van der Waals surface area contributed by atoms with E-state index in [2.05, 4.69) is 23.8 Å². The number of piperidine rings is 1. The predicted octanol–water partition coefficient (Wildman–Crippen LogP) is 3.25. The van der Waals surface area contributed by atoms with Gasteiger partial charge in [0, 0.05) is 31.1 Å². The third kappa shape index (κ3) is 3.33. The van der Waals surface area contributed by atoms with Gasteiger partial charge in [0.15, 0.2) is 0 Å². The maximum absolute atomic E-state index is 12.7. The van der Waals surface area contributed by atoms with Gasteiger partial charge in [-0.15, -0.1) is 0 Å². The highest BCUT2D eigenvalue weighted by molar-refractivity contribution is 5.82. The smallest absolute Gasteiger partial charge is 0.342 e.